The molecule has 3 heteroatoms. The summed E-state index contributed by atoms with van der Waals surface area (Å²) in [5.41, 5.74) is 6.11. The summed E-state index contributed by atoms with van der Waals surface area (Å²) in [6.07, 6.45) is 3.44. The average molecular weight is 230 g/mol. The van der Waals surface area contributed by atoms with Gasteiger partial charge < -0.3 is 5.73 Å². The van der Waals surface area contributed by atoms with Crippen molar-refractivity contribution < 1.29 is 4.39 Å². The number of alkyl halides is 1. The van der Waals surface area contributed by atoms with Crippen molar-refractivity contribution >= 4 is 10.9 Å². The van der Waals surface area contributed by atoms with E-state index < -0.39 is 5.67 Å². The van der Waals surface area contributed by atoms with Gasteiger partial charge in [-0.05, 0) is 30.5 Å². The molecule has 1 aromatic carbocycles. The van der Waals surface area contributed by atoms with Gasteiger partial charge in [-0.2, -0.15) is 0 Å². The van der Waals surface area contributed by atoms with Crippen LogP contribution in [-0.2, 0) is 5.67 Å². The molecule has 17 heavy (non-hydrogen) atoms. The van der Waals surface area contributed by atoms with E-state index >= 15 is 0 Å². The zero-order valence-corrected chi connectivity index (χ0v) is 9.57. The summed E-state index contributed by atoms with van der Waals surface area (Å²) in [5, 5.41) is 1.04. The first-order chi connectivity index (χ1) is 8.17. The van der Waals surface area contributed by atoms with Crippen molar-refractivity contribution in [1.82, 2.24) is 4.98 Å². The van der Waals surface area contributed by atoms with Crippen molar-refractivity contribution in [2.45, 2.75) is 31.0 Å². The first-order valence-corrected chi connectivity index (χ1v) is 5.97. The van der Waals surface area contributed by atoms with Gasteiger partial charge in [-0.25, -0.2) is 4.39 Å². The molecule has 3 rings (SSSR count). The Labute approximate surface area is 99.7 Å². The molecule has 2 aromatic rings. The molecular formula is C14H15FN2. The molecule has 0 spiro atoms. The second kappa shape index (κ2) is 3.77. The highest BCUT2D eigenvalue weighted by molar-refractivity contribution is 5.79. The molecule has 1 aliphatic rings. The Morgan fingerprint density at radius 1 is 1.35 bits per heavy atom. The van der Waals surface area contributed by atoms with Crippen LogP contribution < -0.4 is 5.73 Å². The van der Waals surface area contributed by atoms with Crippen LogP contribution in [0.25, 0.3) is 10.9 Å². The number of hydrogen-bond acceptors (Lipinski definition) is 2. The molecule has 1 aliphatic carbocycles. The minimum atomic E-state index is -1.26. The van der Waals surface area contributed by atoms with Gasteiger partial charge in [-0.3, -0.25) is 4.98 Å². The van der Waals surface area contributed by atoms with Crippen LogP contribution in [0.4, 0.5) is 4.39 Å². The van der Waals surface area contributed by atoms with Gasteiger partial charge in [0, 0.05) is 24.0 Å². The molecule has 0 bridgehead atoms. The molecule has 0 radical (unpaired) electrons. The molecule has 1 saturated carbocycles. The molecule has 0 amide bonds. The number of halogens is 1. The molecule has 88 valence electrons. The molecule has 1 fully saturated rings. The smallest absolute Gasteiger partial charge is 0.137 e. The fourth-order valence-electron chi connectivity index (χ4n) is 2.64. The Morgan fingerprint density at radius 3 is 3.00 bits per heavy atom. The summed E-state index contributed by atoms with van der Waals surface area (Å²) < 4.78 is 14.7. The van der Waals surface area contributed by atoms with Crippen molar-refractivity contribution in [2.24, 2.45) is 5.73 Å². The van der Waals surface area contributed by atoms with Gasteiger partial charge in [0.1, 0.15) is 5.67 Å². The zero-order chi connectivity index (χ0) is 11.9. The highest BCUT2D eigenvalue weighted by atomic mass is 19.1. The third kappa shape index (κ3) is 1.80. The lowest BCUT2D eigenvalue weighted by Gasteiger charge is -2.20. The minimum absolute atomic E-state index is 0.0144. The number of nitrogens with zero attached hydrogens (tertiary/aromatic N) is 1. The number of hydrogen-bond donors (Lipinski definition) is 1. The summed E-state index contributed by atoms with van der Waals surface area (Å²) in [7, 11) is 0. The van der Waals surface area contributed by atoms with Crippen molar-refractivity contribution in [2.75, 3.05) is 0 Å². The predicted molar refractivity (Wildman–Crippen MR) is 66.4 cm³/mol. The fraction of sp³-hybridized carbons (Fsp3) is 0.357. The molecule has 2 atom stereocenters. The Hall–Kier alpha value is -1.48. The third-order valence-electron chi connectivity index (χ3n) is 3.62. The van der Waals surface area contributed by atoms with Crippen molar-refractivity contribution in [3.63, 3.8) is 0 Å². The average Bonchev–Trinajstić information content (AvgIpc) is 2.70. The monoisotopic (exact) mass is 230 g/mol. The summed E-state index contributed by atoms with van der Waals surface area (Å²) >= 11 is 0. The van der Waals surface area contributed by atoms with Gasteiger partial charge >= 0.3 is 0 Å². The van der Waals surface area contributed by atoms with Crippen LogP contribution in [0.3, 0.4) is 0 Å². The van der Waals surface area contributed by atoms with Crippen LogP contribution in [0.15, 0.2) is 36.5 Å². The second-order valence-electron chi connectivity index (χ2n) is 4.88. The Bertz CT molecular complexity index is 555. The maximum atomic E-state index is 14.7. The lowest BCUT2D eigenvalue weighted by Crippen LogP contribution is -2.21. The van der Waals surface area contributed by atoms with Crippen molar-refractivity contribution in [1.29, 1.82) is 0 Å². The maximum Gasteiger partial charge on any atom is 0.137 e. The fourth-order valence-corrected chi connectivity index (χ4v) is 2.64. The van der Waals surface area contributed by atoms with E-state index in [-0.39, 0.29) is 6.04 Å². The number of rotatable bonds is 1. The topological polar surface area (TPSA) is 38.9 Å². The van der Waals surface area contributed by atoms with E-state index in [4.69, 9.17) is 5.73 Å². The van der Waals surface area contributed by atoms with Gasteiger partial charge in [0.05, 0.1) is 5.52 Å². The van der Waals surface area contributed by atoms with Gasteiger partial charge in [0.2, 0.25) is 0 Å². The highest BCUT2D eigenvalue weighted by Gasteiger charge is 2.39. The largest absolute Gasteiger partial charge is 0.328 e. The molecule has 2 N–H and O–H groups in total. The molecule has 1 heterocycles. The number of fused-ring (bicyclic) bond motifs is 1. The quantitative estimate of drug-likeness (QED) is 0.818. The van der Waals surface area contributed by atoms with E-state index in [1.165, 1.54) is 0 Å². The van der Waals surface area contributed by atoms with Crippen LogP contribution in [0, 0.1) is 0 Å². The van der Waals surface area contributed by atoms with Crippen molar-refractivity contribution in [3.8, 4) is 0 Å². The lowest BCUT2D eigenvalue weighted by molar-refractivity contribution is 0.172. The van der Waals surface area contributed by atoms with Gasteiger partial charge in [0.15, 0.2) is 0 Å². The lowest BCUT2D eigenvalue weighted by atomic mass is 9.93. The molecule has 2 unspecified atom stereocenters. The summed E-state index contributed by atoms with van der Waals surface area (Å²) in [5.74, 6) is 0. The van der Waals surface area contributed by atoms with E-state index in [0.717, 1.165) is 22.9 Å². The number of pyridine rings is 1. The van der Waals surface area contributed by atoms with E-state index in [1.54, 1.807) is 6.20 Å². The normalized spacial score (nSPS) is 28.7. The Balaban J connectivity index is 2.06. The minimum Gasteiger partial charge on any atom is -0.328 e. The van der Waals surface area contributed by atoms with E-state index in [9.17, 15) is 4.39 Å². The van der Waals surface area contributed by atoms with E-state index in [0.29, 0.717) is 12.8 Å². The number of aromatic nitrogens is 1. The van der Waals surface area contributed by atoms with Gasteiger partial charge in [0.25, 0.3) is 0 Å². The Morgan fingerprint density at radius 2 is 2.24 bits per heavy atom. The van der Waals surface area contributed by atoms with E-state index in [2.05, 4.69) is 4.98 Å². The molecule has 1 aromatic heterocycles. The van der Waals surface area contributed by atoms with Crippen LogP contribution in [0.1, 0.15) is 24.8 Å². The standard InChI is InChI=1S/C14H15FN2/c15-14(6-5-12(16)9-14)11-4-3-10-2-1-7-17-13(10)8-11/h1-4,7-8,12H,5-6,9,16H2. The summed E-state index contributed by atoms with van der Waals surface area (Å²) in [4.78, 5) is 4.27. The highest BCUT2D eigenvalue weighted by Crippen LogP contribution is 2.42. The predicted octanol–water partition coefficient (Wildman–Crippen LogP) is 2.91. The second-order valence-corrected chi connectivity index (χ2v) is 4.88. The van der Waals surface area contributed by atoms with Crippen LogP contribution in [0.5, 0.6) is 0 Å². The maximum absolute atomic E-state index is 14.7. The van der Waals surface area contributed by atoms with Gasteiger partial charge in [-0.1, -0.05) is 18.2 Å². The Kier molecular flexibility index (Phi) is 2.37. The summed E-state index contributed by atoms with van der Waals surface area (Å²) in [6.45, 7) is 0. The van der Waals surface area contributed by atoms with Crippen LogP contribution >= 0.6 is 0 Å². The molecule has 0 aliphatic heterocycles. The first kappa shape index (κ1) is 10.7. The van der Waals surface area contributed by atoms with Crippen LogP contribution in [0.2, 0.25) is 0 Å². The molecule has 0 saturated heterocycles. The zero-order valence-electron chi connectivity index (χ0n) is 9.57. The molecular weight excluding hydrogens is 215 g/mol. The number of nitrogens with two attached hydrogens (primary N) is 1. The van der Waals surface area contributed by atoms with Crippen LogP contribution in [-0.4, -0.2) is 11.0 Å². The molecule has 2 nitrogen and oxygen atoms in total. The van der Waals surface area contributed by atoms with E-state index in [1.807, 2.05) is 30.3 Å². The summed E-state index contributed by atoms with van der Waals surface area (Å²) in [6, 6.07) is 9.51. The first-order valence-electron chi connectivity index (χ1n) is 5.97. The van der Waals surface area contributed by atoms with Gasteiger partial charge in [-0.15, -0.1) is 0 Å². The third-order valence-corrected chi connectivity index (χ3v) is 3.62. The number of benzene rings is 1. The SMILES string of the molecule is NC1CCC(F)(c2ccc3cccnc3c2)C1. The van der Waals surface area contributed by atoms with Crippen molar-refractivity contribution in [3.05, 3.63) is 42.1 Å².